The lowest BCUT2D eigenvalue weighted by molar-refractivity contribution is -0.116. The molecule has 1 fully saturated rings. The van der Waals surface area contributed by atoms with Gasteiger partial charge in [0.1, 0.15) is 12.3 Å². The zero-order chi connectivity index (χ0) is 24.2. The van der Waals surface area contributed by atoms with E-state index in [9.17, 15) is 4.79 Å². The molecule has 35 heavy (non-hydrogen) atoms. The highest BCUT2D eigenvalue weighted by molar-refractivity contribution is 7.80. The molecule has 176 valence electrons. The van der Waals surface area contributed by atoms with E-state index >= 15 is 0 Å². The van der Waals surface area contributed by atoms with Crippen LogP contribution in [-0.2, 0) is 4.79 Å². The van der Waals surface area contributed by atoms with Gasteiger partial charge in [-0.25, -0.2) is 0 Å². The van der Waals surface area contributed by atoms with Crippen molar-refractivity contribution < 1.29 is 9.53 Å². The van der Waals surface area contributed by atoms with E-state index < -0.39 is 0 Å². The molecule has 1 aliphatic heterocycles. The number of nitrogens with one attached hydrogen (secondary N) is 2. The number of ether oxygens (including phenoxy) is 1. The van der Waals surface area contributed by atoms with Crippen molar-refractivity contribution in [1.29, 1.82) is 0 Å². The molecule has 1 saturated heterocycles. The molecule has 1 aliphatic rings. The second-order valence-electron chi connectivity index (χ2n) is 8.14. The van der Waals surface area contributed by atoms with Crippen LogP contribution in [0.25, 0.3) is 5.69 Å². The Balaban J connectivity index is 1.54. The summed E-state index contributed by atoms with van der Waals surface area (Å²) in [5.74, 6) is 0.601. The maximum atomic E-state index is 13.0. The normalized spacial score (nSPS) is 17.2. The highest BCUT2D eigenvalue weighted by atomic mass is 32.1. The Morgan fingerprint density at radius 2 is 1.80 bits per heavy atom. The van der Waals surface area contributed by atoms with Crippen LogP contribution in [0, 0.1) is 0 Å². The van der Waals surface area contributed by atoms with E-state index in [2.05, 4.69) is 20.2 Å². The molecule has 4 aromatic rings. The molecule has 2 aromatic heterocycles. The van der Waals surface area contributed by atoms with Gasteiger partial charge in [-0.05, 0) is 60.7 Å². The molecule has 5 rings (SSSR count). The van der Waals surface area contributed by atoms with Crippen LogP contribution >= 0.6 is 12.2 Å². The van der Waals surface area contributed by atoms with E-state index in [4.69, 9.17) is 17.0 Å². The van der Waals surface area contributed by atoms with Crippen LogP contribution in [0.4, 0.5) is 5.69 Å². The molecular weight excluding hydrogens is 458 g/mol. The molecule has 0 aliphatic carbocycles. The van der Waals surface area contributed by atoms with Crippen molar-refractivity contribution in [2.75, 3.05) is 19.0 Å². The first-order valence-corrected chi connectivity index (χ1v) is 11.7. The maximum Gasteiger partial charge on any atom is 0.244 e. The lowest BCUT2D eigenvalue weighted by Crippen LogP contribution is -2.37. The Morgan fingerprint density at radius 3 is 2.57 bits per heavy atom. The van der Waals surface area contributed by atoms with Gasteiger partial charge in [-0.3, -0.25) is 9.78 Å². The third-order valence-corrected chi connectivity index (χ3v) is 6.35. The number of aromatic nitrogens is 2. The fourth-order valence-corrected chi connectivity index (χ4v) is 4.76. The quantitative estimate of drug-likeness (QED) is 0.378. The molecule has 0 radical (unpaired) electrons. The molecule has 2 aromatic carbocycles. The van der Waals surface area contributed by atoms with Gasteiger partial charge in [-0.1, -0.05) is 36.4 Å². The van der Waals surface area contributed by atoms with Crippen molar-refractivity contribution in [3.8, 4) is 11.4 Å². The number of hydrogen-bond donors (Lipinski definition) is 2. The van der Waals surface area contributed by atoms with Crippen molar-refractivity contribution in [2.45, 2.75) is 12.1 Å². The Bertz CT molecular complexity index is 1330. The van der Waals surface area contributed by atoms with Crippen LogP contribution in [0.2, 0.25) is 0 Å². The van der Waals surface area contributed by atoms with Crippen molar-refractivity contribution in [1.82, 2.24) is 19.8 Å². The molecule has 3 heterocycles. The summed E-state index contributed by atoms with van der Waals surface area (Å²) in [6.45, 7) is 0.0891. The molecule has 0 saturated carbocycles. The number of methoxy groups -OCH3 is 1. The zero-order valence-corrected chi connectivity index (χ0v) is 20.0. The summed E-state index contributed by atoms with van der Waals surface area (Å²) >= 11 is 5.73. The van der Waals surface area contributed by atoms with Gasteiger partial charge in [0.25, 0.3) is 0 Å². The molecule has 2 N–H and O–H groups in total. The minimum Gasteiger partial charge on any atom is -0.495 e. The number of rotatable bonds is 7. The van der Waals surface area contributed by atoms with Crippen molar-refractivity contribution in [3.63, 3.8) is 0 Å². The average Bonchev–Trinajstić information content (AvgIpc) is 3.49. The summed E-state index contributed by atoms with van der Waals surface area (Å²) in [6.07, 6.45) is 3.76. The summed E-state index contributed by atoms with van der Waals surface area (Å²) in [5.41, 5.74) is 3.45. The lowest BCUT2D eigenvalue weighted by atomic mass is 10.0. The number of benzene rings is 2. The first-order valence-electron chi connectivity index (χ1n) is 11.3. The number of pyridine rings is 1. The van der Waals surface area contributed by atoms with E-state index in [0.717, 1.165) is 28.5 Å². The lowest BCUT2D eigenvalue weighted by Gasteiger charge is -2.28. The van der Waals surface area contributed by atoms with Gasteiger partial charge in [0.05, 0.1) is 30.6 Å². The van der Waals surface area contributed by atoms with Gasteiger partial charge in [-0.2, -0.15) is 0 Å². The number of carbonyl (C=O) groups is 1. The third-order valence-electron chi connectivity index (χ3n) is 6.00. The smallest absolute Gasteiger partial charge is 0.244 e. The van der Waals surface area contributed by atoms with Crippen LogP contribution < -0.4 is 15.4 Å². The van der Waals surface area contributed by atoms with Crippen molar-refractivity contribution in [3.05, 3.63) is 109 Å². The monoisotopic (exact) mass is 483 g/mol. The highest BCUT2D eigenvalue weighted by Gasteiger charge is 2.42. The fraction of sp³-hybridized carbons (Fsp3) is 0.148. The van der Waals surface area contributed by atoms with E-state index in [1.54, 1.807) is 13.3 Å². The second kappa shape index (κ2) is 9.99. The molecule has 7 nitrogen and oxygen atoms in total. The van der Waals surface area contributed by atoms with Gasteiger partial charge >= 0.3 is 0 Å². The van der Waals surface area contributed by atoms with Crippen molar-refractivity contribution >= 4 is 28.9 Å². The van der Waals surface area contributed by atoms with Gasteiger partial charge < -0.3 is 24.8 Å². The average molecular weight is 484 g/mol. The first-order chi connectivity index (χ1) is 17.2. The molecule has 8 heteroatoms. The van der Waals surface area contributed by atoms with Gasteiger partial charge in [-0.15, -0.1) is 0 Å². The Morgan fingerprint density at radius 1 is 1.03 bits per heavy atom. The summed E-state index contributed by atoms with van der Waals surface area (Å²) in [6, 6.07) is 26.6. The number of thiocarbonyl (C=S) groups is 1. The molecular formula is C27H25N5O2S. The molecule has 1 amide bonds. The summed E-state index contributed by atoms with van der Waals surface area (Å²) in [7, 11) is 1.66. The molecule has 0 spiro atoms. The van der Waals surface area contributed by atoms with E-state index in [0.29, 0.717) is 5.11 Å². The second-order valence-corrected chi connectivity index (χ2v) is 8.53. The number of hydrogen-bond acceptors (Lipinski definition) is 4. The van der Waals surface area contributed by atoms with Crippen LogP contribution in [0.3, 0.4) is 0 Å². The molecule has 0 bridgehead atoms. The van der Waals surface area contributed by atoms with E-state index in [1.165, 1.54) is 0 Å². The van der Waals surface area contributed by atoms with E-state index in [-0.39, 0.29) is 24.5 Å². The number of amides is 1. The number of para-hydroxylation sites is 3. The standard InChI is InChI=1S/C27H25N5O2S/c1-34-23-15-6-5-13-21(23)31-17-9-14-22(31)26-25(20-12-7-8-16-28-20)30-27(35)32(26)18-24(33)29-19-10-3-2-4-11-19/h2-17,25-26H,18H2,1H3,(H,29,33)(H,30,35)/t25-,26-/m1/s1. The Hall–Kier alpha value is -4.17. The summed E-state index contributed by atoms with van der Waals surface area (Å²) < 4.78 is 7.71. The van der Waals surface area contributed by atoms with Gasteiger partial charge in [0, 0.05) is 23.8 Å². The Labute approximate surface area is 209 Å². The third kappa shape index (κ3) is 4.61. The molecule has 2 atom stereocenters. The largest absolute Gasteiger partial charge is 0.495 e. The minimum atomic E-state index is -0.279. The van der Waals surface area contributed by atoms with Gasteiger partial charge in [0.2, 0.25) is 5.91 Å². The fourth-order valence-electron chi connectivity index (χ4n) is 4.46. The van der Waals surface area contributed by atoms with Crippen LogP contribution in [0.15, 0.2) is 97.3 Å². The summed E-state index contributed by atoms with van der Waals surface area (Å²) in [5, 5.41) is 6.87. The maximum absolute atomic E-state index is 13.0. The highest BCUT2D eigenvalue weighted by Crippen LogP contribution is 2.40. The summed E-state index contributed by atoms with van der Waals surface area (Å²) in [4.78, 5) is 19.6. The van der Waals surface area contributed by atoms with Crippen LogP contribution in [-0.4, -0.2) is 39.1 Å². The van der Waals surface area contributed by atoms with E-state index in [1.807, 2.05) is 96.0 Å². The first kappa shape index (κ1) is 22.6. The van der Waals surface area contributed by atoms with Crippen LogP contribution in [0.5, 0.6) is 5.75 Å². The SMILES string of the molecule is COc1ccccc1-n1cccc1[C@@H]1[C@@H](c2ccccn2)NC(=S)N1CC(=O)Nc1ccccc1. The number of nitrogens with zero attached hydrogens (tertiary/aromatic N) is 3. The Kier molecular flexibility index (Phi) is 6.45. The minimum absolute atomic E-state index is 0.0891. The topological polar surface area (TPSA) is 71.4 Å². The predicted octanol–water partition coefficient (Wildman–Crippen LogP) is 4.49. The zero-order valence-electron chi connectivity index (χ0n) is 19.2. The predicted molar refractivity (Wildman–Crippen MR) is 140 cm³/mol. The number of anilines is 1. The molecule has 0 unspecified atom stereocenters. The van der Waals surface area contributed by atoms with Crippen molar-refractivity contribution in [2.24, 2.45) is 0 Å². The van der Waals surface area contributed by atoms with Crippen LogP contribution in [0.1, 0.15) is 23.5 Å². The number of carbonyl (C=O) groups excluding carboxylic acids is 1. The van der Waals surface area contributed by atoms with Gasteiger partial charge in [0.15, 0.2) is 5.11 Å².